The number of hydrogen-bond acceptors (Lipinski definition) is 4. The maximum absolute atomic E-state index is 12.3. The predicted molar refractivity (Wildman–Crippen MR) is 76.6 cm³/mol. The molecule has 1 aliphatic carbocycles. The molecule has 2 atom stereocenters. The molecule has 106 valence electrons. The molecule has 2 aromatic rings. The van der Waals surface area contributed by atoms with E-state index in [9.17, 15) is 8.42 Å². The summed E-state index contributed by atoms with van der Waals surface area (Å²) in [4.78, 5) is 0. The van der Waals surface area contributed by atoms with E-state index in [1.807, 2.05) is 30.3 Å². The minimum atomic E-state index is -3.61. The first-order valence-corrected chi connectivity index (χ1v) is 8.39. The summed E-state index contributed by atoms with van der Waals surface area (Å²) in [5, 5.41) is 7.44. The van der Waals surface area contributed by atoms with Crippen molar-refractivity contribution < 1.29 is 8.42 Å². The Morgan fingerprint density at radius 2 is 2.05 bits per heavy atom. The van der Waals surface area contributed by atoms with E-state index < -0.39 is 10.0 Å². The normalized spacial score (nSPS) is 21.9. The molecule has 3 rings (SSSR count). The molecule has 1 N–H and O–H groups in total. The Labute approximate surface area is 125 Å². The van der Waals surface area contributed by atoms with Crippen molar-refractivity contribution in [3.63, 3.8) is 0 Å². The standard InChI is InChI=1S/C12H13BrN4O2S/c1-17-12(11(13)14-16-17)20(18,19)15-10-7-9(10)8-5-3-2-4-6-8/h2-6,9-10,15H,7H2,1H3. The molecule has 6 nitrogen and oxygen atoms in total. The lowest BCUT2D eigenvalue weighted by molar-refractivity contribution is 0.559. The number of sulfonamides is 1. The fraction of sp³-hybridized carbons (Fsp3) is 0.333. The van der Waals surface area contributed by atoms with Crippen molar-refractivity contribution in [1.29, 1.82) is 0 Å². The Morgan fingerprint density at radius 1 is 1.35 bits per heavy atom. The van der Waals surface area contributed by atoms with Crippen LogP contribution >= 0.6 is 15.9 Å². The van der Waals surface area contributed by atoms with E-state index in [1.165, 1.54) is 4.68 Å². The van der Waals surface area contributed by atoms with Gasteiger partial charge < -0.3 is 0 Å². The Balaban J connectivity index is 1.77. The number of rotatable bonds is 4. The summed E-state index contributed by atoms with van der Waals surface area (Å²) >= 11 is 3.11. The molecule has 1 aromatic carbocycles. The van der Waals surface area contributed by atoms with E-state index in [4.69, 9.17) is 0 Å². The average molecular weight is 357 g/mol. The fourth-order valence-corrected chi connectivity index (χ4v) is 4.64. The third-order valence-corrected chi connectivity index (χ3v) is 5.69. The minimum Gasteiger partial charge on any atom is -0.235 e. The minimum absolute atomic E-state index is 0.0520. The second kappa shape index (κ2) is 4.94. The highest BCUT2D eigenvalue weighted by Gasteiger charge is 2.42. The summed E-state index contributed by atoms with van der Waals surface area (Å²) < 4.78 is 28.8. The summed E-state index contributed by atoms with van der Waals surface area (Å²) in [6, 6.07) is 9.83. The second-order valence-corrected chi connectivity index (χ2v) is 7.17. The molecule has 0 bridgehead atoms. The Kier molecular flexibility index (Phi) is 3.39. The maximum Gasteiger partial charge on any atom is 0.260 e. The van der Waals surface area contributed by atoms with Gasteiger partial charge >= 0.3 is 0 Å². The largest absolute Gasteiger partial charge is 0.260 e. The van der Waals surface area contributed by atoms with Crippen LogP contribution in [0.4, 0.5) is 0 Å². The highest BCUT2D eigenvalue weighted by molar-refractivity contribution is 9.10. The highest BCUT2D eigenvalue weighted by atomic mass is 79.9. The second-order valence-electron chi connectivity index (χ2n) is 4.79. The van der Waals surface area contributed by atoms with E-state index in [1.54, 1.807) is 7.05 Å². The van der Waals surface area contributed by atoms with Gasteiger partial charge in [0.25, 0.3) is 10.0 Å². The molecule has 0 saturated heterocycles. The van der Waals surface area contributed by atoms with Crippen molar-refractivity contribution in [3.8, 4) is 0 Å². The lowest BCUT2D eigenvalue weighted by Gasteiger charge is -2.06. The smallest absolute Gasteiger partial charge is 0.235 e. The van der Waals surface area contributed by atoms with Gasteiger partial charge in [-0.15, -0.1) is 5.10 Å². The maximum atomic E-state index is 12.3. The molecule has 20 heavy (non-hydrogen) atoms. The van der Waals surface area contributed by atoms with E-state index in [-0.39, 0.29) is 21.6 Å². The summed E-state index contributed by atoms with van der Waals surface area (Å²) in [6.07, 6.45) is 0.812. The van der Waals surface area contributed by atoms with Crippen LogP contribution in [0.5, 0.6) is 0 Å². The van der Waals surface area contributed by atoms with E-state index in [0.29, 0.717) is 0 Å². The van der Waals surface area contributed by atoms with Gasteiger partial charge in [0, 0.05) is 19.0 Å². The number of benzene rings is 1. The molecular weight excluding hydrogens is 344 g/mol. The van der Waals surface area contributed by atoms with Gasteiger partial charge in [0.15, 0.2) is 4.60 Å². The molecular formula is C12H13BrN4O2S. The van der Waals surface area contributed by atoms with Crippen LogP contribution in [0.15, 0.2) is 40.0 Å². The van der Waals surface area contributed by atoms with Crippen molar-refractivity contribution in [3.05, 3.63) is 40.5 Å². The van der Waals surface area contributed by atoms with Gasteiger partial charge in [-0.2, -0.15) is 0 Å². The van der Waals surface area contributed by atoms with Gasteiger partial charge in [0.1, 0.15) is 0 Å². The molecule has 1 saturated carbocycles. The Hall–Kier alpha value is -1.25. The van der Waals surface area contributed by atoms with Crippen LogP contribution in [0.1, 0.15) is 17.9 Å². The van der Waals surface area contributed by atoms with Crippen LogP contribution in [-0.4, -0.2) is 29.5 Å². The SMILES string of the molecule is Cn1nnc(Br)c1S(=O)(=O)NC1CC1c1ccccc1. The van der Waals surface area contributed by atoms with Gasteiger partial charge in [-0.05, 0) is 27.9 Å². The monoisotopic (exact) mass is 356 g/mol. The van der Waals surface area contributed by atoms with Crippen molar-refractivity contribution in [1.82, 2.24) is 19.7 Å². The number of nitrogens with zero attached hydrogens (tertiary/aromatic N) is 3. The van der Waals surface area contributed by atoms with Crippen LogP contribution < -0.4 is 4.72 Å². The van der Waals surface area contributed by atoms with Gasteiger partial charge in [0.05, 0.1) is 0 Å². The lowest BCUT2D eigenvalue weighted by atomic mass is 10.1. The van der Waals surface area contributed by atoms with E-state index in [0.717, 1.165) is 12.0 Å². The number of halogens is 1. The molecule has 8 heteroatoms. The zero-order valence-corrected chi connectivity index (χ0v) is 13.1. The van der Waals surface area contributed by atoms with Crippen molar-refractivity contribution in [2.75, 3.05) is 0 Å². The zero-order chi connectivity index (χ0) is 14.3. The van der Waals surface area contributed by atoms with Gasteiger partial charge in [-0.25, -0.2) is 17.8 Å². The fourth-order valence-electron chi connectivity index (χ4n) is 2.26. The zero-order valence-electron chi connectivity index (χ0n) is 10.7. The molecule has 1 aliphatic rings. The molecule has 1 heterocycles. The first-order valence-electron chi connectivity index (χ1n) is 6.11. The third kappa shape index (κ3) is 2.50. The molecule has 0 amide bonds. The predicted octanol–water partition coefficient (Wildman–Crippen LogP) is 1.41. The number of hydrogen-bond donors (Lipinski definition) is 1. The van der Waals surface area contributed by atoms with Gasteiger partial charge in [-0.1, -0.05) is 35.5 Å². The summed E-state index contributed by atoms with van der Waals surface area (Å²) in [5.41, 5.74) is 1.15. The molecule has 1 fully saturated rings. The van der Waals surface area contributed by atoms with Crippen LogP contribution in [0.3, 0.4) is 0 Å². The first-order chi connectivity index (χ1) is 9.49. The first kappa shape index (κ1) is 13.7. The molecule has 0 spiro atoms. The quantitative estimate of drug-likeness (QED) is 0.898. The van der Waals surface area contributed by atoms with E-state index in [2.05, 4.69) is 31.0 Å². The number of nitrogens with one attached hydrogen (secondary N) is 1. The topological polar surface area (TPSA) is 76.9 Å². The summed E-state index contributed by atoms with van der Waals surface area (Å²) in [7, 11) is -2.07. The number of aromatic nitrogens is 3. The number of aryl methyl sites for hydroxylation is 1. The van der Waals surface area contributed by atoms with Crippen molar-refractivity contribution in [2.45, 2.75) is 23.4 Å². The average Bonchev–Trinajstić information content (AvgIpc) is 3.06. The molecule has 0 radical (unpaired) electrons. The summed E-state index contributed by atoms with van der Waals surface area (Å²) in [5.74, 6) is 0.242. The van der Waals surface area contributed by atoms with Gasteiger partial charge in [0.2, 0.25) is 5.03 Å². The third-order valence-electron chi connectivity index (χ3n) is 3.32. The van der Waals surface area contributed by atoms with Crippen LogP contribution in [0, 0.1) is 0 Å². The van der Waals surface area contributed by atoms with Gasteiger partial charge in [-0.3, -0.25) is 0 Å². The highest BCUT2D eigenvalue weighted by Crippen LogP contribution is 2.41. The van der Waals surface area contributed by atoms with Crippen LogP contribution in [-0.2, 0) is 17.1 Å². The van der Waals surface area contributed by atoms with Crippen LogP contribution in [0.2, 0.25) is 0 Å². The molecule has 2 unspecified atom stereocenters. The van der Waals surface area contributed by atoms with Crippen molar-refractivity contribution in [2.24, 2.45) is 7.05 Å². The van der Waals surface area contributed by atoms with Crippen LogP contribution in [0.25, 0.3) is 0 Å². The summed E-state index contributed by atoms with van der Waals surface area (Å²) in [6.45, 7) is 0. The molecule has 1 aromatic heterocycles. The Bertz CT molecular complexity index is 710. The van der Waals surface area contributed by atoms with E-state index >= 15 is 0 Å². The Morgan fingerprint density at radius 3 is 2.65 bits per heavy atom. The lowest BCUT2D eigenvalue weighted by Crippen LogP contribution is -2.28. The van der Waals surface area contributed by atoms with Crippen molar-refractivity contribution >= 4 is 26.0 Å². The molecule has 0 aliphatic heterocycles.